The molecule has 0 spiro atoms. The van der Waals surface area contributed by atoms with Crippen LogP contribution in [0.4, 0.5) is 33.7 Å². The first-order valence-electron chi connectivity index (χ1n) is 21.5. The second kappa shape index (κ2) is 17.4. The van der Waals surface area contributed by atoms with Gasteiger partial charge in [-0.1, -0.05) is 40.2 Å². The summed E-state index contributed by atoms with van der Waals surface area (Å²) in [4.78, 5) is 61.6. The highest BCUT2D eigenvalue weighted by molar-refractivity contribution is 7.91. The zero-order chi connectivity index (χ0) is 45.7. The number of benzene rings is 2. The fourth-order valence-corrected chi connectivity index (χ4v) is 9.93. The van der Waals surface area contributed by atoms with E-state index < -0.39 is 91.2 Å². The minimum Gasteiger partial charge on any atom is -0.444 e. The molecule has 4 amide bonds. The summed E-state index contributed by atoms with van der Waals surface area (Å²) in [7, 11) is -4.07. The molecular formula is C43H57F4N7O8S. The average Bonchev–Trinajstić information content (AvgIpc) is 4.03. The summed E-state index contributed by atoms with van der Waals surface area (Å²) in [5, 5.41) is 8.96. The van der Waals surface area contributed by atoms with Crippen LogP contribution in [0.1, 0.15) is 83.4 Å². The molecule has 20 heteroatoms. The van der Waals surface area contributed by atoms with E-state index in [0.717, 1.165) is 54.0 Å². The van der Waals surface area contributed by atoms with E-state index >= 15 is 0 Å². The number of rotatable bonds is 14. The molecule has 2 aromatic rings. The molecule has 2 saturated carbocycles. The number of sulfonamides is 1. The third-order valence-electron chi connectivity index (χ3n) is 13.0. The van der Waals surface area contributed by atoms with Crippen LogP contribution < -0.4 is 20.7 Å². The van der Waals surface area contributed by atoms with Crippen LogP contribution in [-0.2, 0) is 53.1 Å². The van der Waals surface area contributed by atoms with Gasteiger partial charge in [0.2, 0.25) is 21.8 Å². The number of morpholine rings is 1. The van der Waals surface area contributed by atoms with E-state index in [2.05, 4.69) is 25.6 Å². The molecule has 2 aliphatic carbocycles. The highest BCUT2D eigenvalue weighted by atomic mass is 32.2. The topological polar surface area (TPSA) is 179 Å². The monoisotopic (exact) mass is 907 g/mol. The van der Waals surface area contributed by atoms with Gasteiger partial charge < -0.3 is 30.3 Å². The standard InChI is InChI=1S/C43H57F4N7O8S/c1-6-28-22-42(28,38(57)51-63(59,60)41(5)9-10-41)50-36(55)34-21-33(25-54(34)37(56)35(40(2,3)4)49-32-19-29(43(45,46)47)18-30(44)20-32)62-39(58)53-23-26-7-8-31(17-27(26)24-53)48-11-12-52-13-15-61-16-14-52/h7-8,17-20,28,33-35,48-49H,6,9-16,21-25H2,1-5H3,(H,50,55)(H,51,57). The van der Waals surface area contributed by atoms with Crippen LogP contribution in [0.3, 0.4) is 0 Å². The minimum atomic E-state index is -4.88. The quantitative estimate of drug-likeness (QED) is 0.191. The maximum Gasteiger partial charge on any atom is 0.416 e. The van der Waals surface area contributed by atoms with E-state index in [1.54, 1.807) is 27.7 Å². The normalized spacial score (nSPS) is 24.9. The first-order chi connectivity index (χ1) is 29.5. The van der Waals surface area contributed by atoms with Gasteiger partial charge in [0.15, 0.2) is 0 Å². The Hall–Kier alpha value is -4.69. The van der Waals surface area contributed by atoms with E-state index in [1.165, 1.54) is 11.8 Å². The summed E-state index contributed by atoms with van der Waals surface area (Å²) < 4.78 is 94.3. The van der Waals surface area contributed by atoms with Crippen molar-refractivity contribution in [1.29, 1.82) is 0 Å². The lowest BCUT2D eigenvalue weighted by atomic mass is 9.85. The molecule has 0 radical (unpaired) electrons. The van der Waals surface area contributed by atoms with Crippen molar-refractivity contribution in [2.75, 3.05) is 56.6 Å². The van der Waals surface area contributed by atoms with Gasteiger partial charge in [-0.3, -0.25) is 28.9 Å². The van der Waals surface area contributed by atoms with E-state index in [-0.39, 0.29) is 38.2 Å². The number of alkyl halides is 3. The van der Waals surface area contributed by atoms with Gasteiger partial charge in [-0.25, -0.2) is 17.6 Å². The zero-order valence-corrected chi connectivity index (χ0v) is 37.0. The van der Waals surface area contributed by atoms with E-state index in [0.29, 0.717) is 44.6 Å². The van der Waals surface area contributed by atoms with Gasteiger partial charge in [-0.2, -0.15) is 13.2 Å². The van der Waals surface area contributed by atoms with Crippen molar-refractivity contribution in [1.82, 2.24) is 24.7 Å². The molecule has 5 unspecified atom stereocenters. The molecule has 4 fully saturated rings. The number of fused-ring (bicyclic) bond motifs is 1. The summed E-state index contributed by atoms with van der Waals surface area (Å²) in [6.07, 6.45) is -5.51. The second-order valence-corrected chi connectivity index (χ2v) is 21.0. The Labute approximate surface area is 365 Å². The largest absolute Gasteiger partial charge is 0.444 e. The van der Waals surface area contributed by atoms with Crippen LogP contribution in [0.2, 0.25) is 0 Å². The molecule has 0 aromatic heterocycles. The number of carbonyl (C=O) groups excluding carboxylic acids is 4. The first kappa shape index (κ1) is 46.3. The van der Waals surface area contributed by atoms with E-state index in [9.17, 15) is 45.2 Å². The zero-order valence-electron chi connectivity index (χ0n) is 36.2. The Morgan fingerprint density at radius 1 is 0.984 bits per heavy atom. The highest BCUT2D eigenvalue weighted by Crippen LogP contribution is 2.48. The lowest BCUT2D eigenvalue weighted by Gasteiger charge is -2.36. The van der Waals surface area contributed by atoms with Crippen molar-refractivity contribution in [3.63, 3.8) is 0 Å². The lowest BCUT2D eigenvalue weighted by molar-refractivity contribution is -0.141. The van der Waals surface area contributed by atoms with Crippen LogP contribution in [-0.4, -0.2) is 121 Å². The summed E-state index contributed by atoms with van der Waals surface area (Å²) in [5.41, 5.74) is -1.48. The molecular weight excluding hydrogens is 851 g/mol. The van der Waals surface area contributed by atoms with Crippen LogP contribution >= 0.6 is 0 Å². The van der Waals surface area contributed by atoms with Crippen LogP contribution in [0.15, 0.2) is 36.4 Å². The average molecular weight is 908 g/mol. The van der Waals surface area contributed by atoms with Gasteiger partial charge in [-0.05, 0) is 79.0 Å². The number of hydrogen-bond donors (Lipinski definition) is 4. The van der Waals surface area contributed by atoms with Crippen molar-refractivity contribution >= 4 is 45.2 Å². The summed E-state index contributed by atoms with van der Waals surface area (Å²) in [5.74, 6) is -4.05. The van der Waals surface area contributed by atoms with Crippen molar-refractivity contribution in [3.05, 3.63) is 58.9 Å². The third kappa shape index (κ3) is 10.2. The van der Waals surface area contributed by atoms with E-state index in [1.807, 2.05) is 18.2 Å². The molecule has 2 aromatic carbocycles. The van der Waals surface area contributed by atoms with E-state index in [4.69, 9.17) is 9.47 Å². The maximum atomic E-state index is 14.7. The van der Waals surface area contributed by atoms with Gasteiger partial charge in [0, 0.05) is 57.1 Å². The molecule has 346 valence electrons. The van der Waals surface area contributed by atoms with Crippen molar-refractivity contribution in [2.24, 2.45) is 11.3 Å². The van der Waals surface area contributed by atoms with Crippen molar-refractivity contribution in [3.8, 4) is 0 Å². The maximum absolute atomic E-state index is 14.7. The Bertz CT molecular complexity index is 2210. The van der Waals surface area contributed by atoms with Crippen molar-refractivity contribution < 1.29 is 54.6 Å². The Morgan fingerprint density at radius 2 is 1.68 bits per heavy atom. The number of nitrogens with zero attached hydrogens (tertiary/aromatic N) is 3. The predicted molar refractivity (Wildman–Crippen MR) is 224 cm³/mol. The van der Waals surface area contributed by atoms with Gasteiger partial charge in [0.25, 0.3) is 5.91 Å². The summed E-state index contributed by atoms with van der Waals surface area (Å²) in [6.45, 7) is 13.2. The second-order valence-electron chi connectivity index (χ2n) is 18.8. The smallest absolute Gasteiger partial charge is 0.416 e. The fraction of sp³-hybridized carbons (Fsp3) is 0.628. The molecule has 3 aliphatic heterocycles. The Morgan fingerprint density at radius 3 is 2.32 bits per heavy atom. The summed E-state index contributed by atoms with van der Waals surface area (Å²) in [6, 6.07) is 5.03. The lowest BCUT2D eigenvalue weighted by Crippen LogP contribution is -2.59. The van der Waals surface area contributed by atoms with Crippen LogP contribution in [0.25, 0.3) is 0 Å². The van der Waals surface area contributed by atoms with Gasteiger partial charge >= 0.3 is 12.3 Å². The fourth-order valence-electron chi connectivity index (χ4n) is 8.62. The minimum absolute atomic E-state index is 0.139. The predicted octanol–water partition coefficient (Wildman–Crippen LogP) is 4.82. The summed E-state index contributed by atoms with van der Waals surface area (Å²) >= 11 is 0. The number of carbonyl (C=O) groups is 4. The number of halogens is 4. The number of likely N-dealkylation sites (tertiary alicyclic amines) is 1. The molecule has 2 saturated heterocycles. The molecule has 7 rings (SSSR count). The van der Waals surface area contributed by atoms with Crippen LogP contribution in [0, 0.1) is 17.2 Å². The Balaban J connectivity index is 1.09. The number of anilines is 2. The third-order valence-corrected chi connectivity index (χ3v) is 15.2. The van der Waals surface area contributed by atoms with Crippen LogP contribution in [0.5, 0.6) is 0 Å². The molecule has 4 N–H and O–H groups in total. The molecule has 63 heavy (non-hydrogen) atoms. The molecule has 0 bridgehead atoms. The molecule has 3 heterocycles. The number of amides is 4. The number of nitrogens with one attached hydrogen (secondary N) is 4. The van der Waals surface area contributed by atoms with Gasteiger partial charge in [-0.15, -0.1) is 0 Å². The van der Waals surface area contributed by atoms with Gasteiger partial charge in [0.05, 0.1) is 30.1 Å². The Kier molecular flexibility index (Phi) is 12.8. The SMILES string of the molecule is CCC1CC1(NC(=O)C1CC(OC(=O)N2Cc3ccc(NCCN4CCOCC4)cc3C2)CN1C(=O)C(Nc1cc(F)cc(C(F)(F)F)c1)C(C)(C)C)C(=O)NS(=O)(=O)C1(C)CC1. The van der Waals surface area contributed by atoms with Crippen molar-refractivity contribution in [2.45, 2.75) is 114 Å². The number of ether oxygens (including phenoxy) is 2. The first-order valence-corrected chi connectivity index (χ1v) is 23.0. The molecule has 5 atom stereocenters. The molecule has 15 nitrogen and oxygen atoms in total. The number of hydrogen-bond acceptors (Lipinski definition) is 11. The van der Waals surface area contributed by atoms with Gasteiger partial charge in [0.1, 0.15) is 29.5 Å². The molecule has 5 aliphatic rings. The highest BCUT2D eigenvalue weighted by Gasteiger charge is 2.63.